The van der Waals surface area contributed by atoms with E-state index in [-0.39, 0.29) is 11.4 Å². The summed E-state index contributed by atoms with van der Waals surface area (Å²) in [6, 6.07) is 1.16. The van der Waals surface area contributed by atoms with Crippen LogP contribution in [0.5, 0.6) is 0 Å². The quantitative estimate of drug-likeness (QED) is 0.723. The van der Waals surface area contributed by atoms with Gasteiger partial charge in [0.1, 0.15) is 0 Å². The van der Waals surface area contributed by atoms with Gasteiger partial charge in [-0.25, -0.2) is 0 Å². The van der Waals surface area contributed by atoms with Crippen LogP contribution in [0, 0.1) is 11.3 Å². The van der Waals surface area contributed by atoms with Gasteiger partial charge in [-0.15, -0.1) is 0 Å². The monoisotopic (exact) mass is 255 g/mol. The molecule has 2 unspecified atom stereocenters. The van der Waals surface area contributed by atoms with Crippen LogP contribution in [-0.4, -0.2) is 36.6 Å². The molecule has 3 nitrogen and oxygen atoms in total. The van der Waals surface area contributed by atoms with Crippen molar-refractivity contribution >= 4 is 5.97 Å². The van der Waals surface area contributed by atoms with Crippen molar-refractivity contribution in [3.63, 3.8) is 0 Å². The highest BCUT2D eigenvalue weighted by Crippen LogP contribution is 2.28. The summed E-state index contributed by atoms with van der Waals surface area (Å²) in [5, 5.41) is 0. The van der Waals surface area contributed by atoms with Gasteiger partial charge in [-0.3, -0.25) is 4.79 Å². The highest BCUT2D eigenvalue weighted by molar-refractivity contribution is 5.75. The van der Waals surface area contributed by atoms with Gasteiger partial charge in [0.15, 0.2) is 0 Å². The summed E-state index contributed by atoms with van der Waals surface area (Å²) >= 11 is 0. The molecule has 1 saturated heterocycles. The zero-order chi connectivity index (χ0) is 13.9. The lowest BCUT2D eigenvalue weighted by atomic mass is 9.87. The molecule has 1 heterocycles. The van der Waals surface area contributed by atoms with Gasteiger partial charge in [-0.1, -0.05) is 6.92 Å². The first-order valence-corrected chi connectivity index (χ1v) is 7.17. The van der Waals surface area contributed by atoms with E-state index in [2.05, 4.69) is 25.8 Å². The average Bonchev–Trinajstić information content (AvgIpc) is 2.32. The van der Waals surface area contributed by atoms with Crippen molar-refractivity contribution in [2.45, 2.75) is 66.0 Å². The Morgan fingerprint density at radius 3 is 2.22 bits per heavy atom. The standard InChI is InChI=1S/C15H29NO2/c1-7-15(4,5)14(17)18-10-13-8-11(2)16(6)12(3)9-13/h11-13H,7-10H2,1-6H3. The fourth-order valence-corrected chi connectivity index (χ4v) is 2.50. The number of esters is 1. The van der Waals surface area contributed by atoms with Crippen molar-refractivity contribution < 1.29 is 9.53 Å². The minimum atomic E-state index is -0.345. The van der Waals surface area contributed by atoms with E-state index in [0.717, 1.165) is 19.3 Å². The molecule has 3 heteroatoms. The predicted molar refractivity (Wildman–Crippen MR) is 74.4 cm³/mol. The molecule has 0 aromatic carbocycles. The number of hydrogen-bond donors (Lipinski definition) is 0. The Balaban J connectivity index is 2.43. The average molecular weight is 255 g/mol. The lowest BCUT2D eigenvalue weighted by Crippen LogP contribution is -2.45. The maximum absolute atomic E-state index is 11.9. The molecule has 0 spiro atoms. The van der Waals surface area contributed by atoms with Crippen molar-refractivity contribution in [1.29, 1.82) is 0 Å². The molecule has 106 valence electrons. The Labute approximate surface area is 112 Å². The molecule has 0 amide bonds. The Bertz CT molecular complexity index is 276. The molecule has 1 aliphatic rings. The molecule has 0 aliphatic carbocycles. The van der Waals surface area contributed by atoms with Crippen molar-refractivity contribution in [3.05, 3.63) is 0 Å². The number of ether oxygens (including phenoxy) is 1. The molecule has 1 fully saturated rings. The third-order valence-electron chi connectivity index (χ3n) is 4.63. The van der Waals surface area contributed by atoms with Crippen LogP contribution in [-0.2, 0) is 9.53 Å². The van der Waals surface area contributed by atoms with Crippen LogP contribution in [0.15, 0.2) is 0 Å². The fraction of sp³-hybridized carbons (Fsp3) is 0.933. The second kappa shape index (κ2) is 6.05. The van der Waals surface area contributed by atoms with E-state index < -0.39 is 0 Å². The second-order valence-electron chi connectivity index (χ2n) is 6.54. The van der Waals surface area contributed by atoms with E-state index in [9.17, 15) is 4.79 Å². The van der Waals surface area contributed by atoms with Gasteiger partial charge in [0, 0.05) is 12.1 Å². The predicted octanol–water partition coefficient (Wildman–Crippen LogP) is 3.08. The van der Waals surface area contributed by atoms with Gasteiger partial charge in [0.2, 0.25) is 0 Å². The largest absolute Gasteiger partial charge is 0.465 e. The molecule has 1 aliphatic heterocycles. The molecule has 2 atom stereocenters. The first-order chi connectivity index (χ1) is 8.27. The molecule has 0 saturated carbocycles. The molecule has 1 rings (SSSR count). The van der Waals surface area contributed by atoms with Crippen LogP contribution in [0.25, 0.3) is 0 Å². The number of likely N-dealkylation sites (tertiary alicyclic amines) is 1. The van der Waals surface area contributed by atoms with Gasteiger partial charge < -0.3 is 9.64 Å². The molecule has 0 N–H and O–H groups in total. The summed E-state index contributed by atoms with van der Waals surface area (Å²) in [4.78, 5) is 14.3. The summed E-state index contributed by atoms with van der Waals surface area (Å²) in [6.07, 6.45) is 3.08. The minimum absolute atomic E-state index is 0.0516. The number of piperidine rings is 1. The van der Waals surface area contributed by atoms with E-state index >= 15 is 0 Å². The van der Waals surface area contributed by atoms with Crippen molar-refractivity contribution in [1.82, 2.24) is 4.90 Å². The molecule has 18 heavy (non-hydrogen) atoms. The molecule has 0 bridgehead atoms. The maximum Gasteiger partial charge on any atom is 0.311 e. The van der Waals surface area contributed by atoms with Crippen molar-refractivity contribution in [2.24, 2.45) is 11.3 Å². The van der Waals surface area contributed by atoms with Crippen LogP contribution < -0.4 is 0 Å². The van der Waals surface area contributed by atoms with Crippen molar-refractivity contribution in [3.8, 4) is 0 Å². The van der Waals surface area contributed by atoms with E-state index in [1.807, 2.05) is 20.8 Å². The van der Waals surface area contributed by atoms with Crippen LogP contribution in [0.2, 0.25) is 0 Å². The number of carbonyl (C=O) groups is 1. The first-order valence-electron chi connectivity index (χ1n) is 7.17. The fourth-order valence-electron chi connectivity index (χ4n) is 2.50. The number of nitrogens with zero attached hydrogens (tertiary/aromatic N) is 1. The van der Waals surface area contributed by atoms with E-state index in [1.165, 1.54) is 0 Å². The number of hydrogen-bond acceptors (Lipinski definition) is 3. The zero-order valence-corrected chi connectivity index (χ0v) is 12.8. The molecule has 0 aromatic rings. The lowest BCUT2D eigenvalue weighted by Gasteiger charge is -2.40. The molecule has 0 aromatic heterocycles. The lowest BCUT2D eigenvalue weighted by molar-refractivity contribution is -0.156. The van der Waals surface area contributed by atoms with E-state index in [4.69, 9.17) is 4.74 Å². The smallest absolute Gasteiger partial charge is 0.311 e. The highest BCUT2D eigenvalue weighted by Gasteiger charge is 2.31. The van der Waals surface area contributed by atoms with E-state index in [0.29, 0.717) is 24.6 Å². The zero-order valence-electron chi connectivity index (χ0n) is 12.8. The Morgan fingerprint density at radius 2 is 1.78 bits per heavy atom. The number of rotatable bonds is 4. The van der Waals surface area contributed by atoms with E-state index in [1.54, 1.807) is 0 Å². The summed E-state index contributed by atoms with van der Waals surface area (Å²) in [7, 11) is 2.18. The van der Waals surface area contributed by atoms with Crippen LogP contribution >= 0.6 is 0 Å². The second-order valence-corrected chi connectivity index (χ2v) is 6.54. The molecular formula is C15H29NO2. The summed E-state index contributed by atoms with van der Waals surface area (Å²) in [5.74, 6) is 0.465. The van der Waals surface area contributed by atoms with Crippen LogP contribution in [0.3, 0.4) is 0 Å². The van der Waals surface area contributed by atoms with Gasteiger partial charge >= 0.3 is 5.97 Å². The third kappa shape index (κ3) is 3.71. The maximum atomic E-state index is 11.9. The third-order valence-corrected chi connectivity index (χ3v) is 4.63. The Kier molecular flexibility index (Phi) is 5.20. The van der Waals surface area contributed by atoms with Crippen LogP contribution in [0.4, 0.5) is 0 Å². The highest BCUT2D eigenvalue weighted by atomic mass is 16.5. The molecular weight excluding hydrogens is 226 g/mol. The summed E-state index contributed by atoms with van der Waals surface area (Å²) in [6.45, 7) is 11.0. The van der Waals surface area contributed by atoms with Gasteiger partial charge in [0.05, 0.1) is 12.0 Å². The normalized spacial score (nSPS) is 30.2. The topological polar surface area (TPSA) is 29.5 Å². The van der Waals surface area contributed by atoms with Crippen molar-refractivity contribution in [2.75, 3.05) is 13.7 Å². The van der Waals surface area contributed by atoms with Gasteiger partial charge in [-0.05, 0) is 59.9 Å². The van der Waals surface area contributed by atoms with Gasteiger partial charge in [-0.2, -0.15) is 0 Å². The van der Waals surface area contributed by atoms with Crippen LogP contribution in [0.1, 0.15) is 53.9 Å². The molecule has 0 radical (unpaired) electrons. The Morgan fingerprint density at radius 1 is 1.28 bits per heavy atom. The van der Waals surface area contributed by atoms with Gasteiger partial charge in [0.25, 0.3) is 0 Å². The number of carbonyl (C=O) groups excluding carboxylic acids is 1. The summed E-state index contributed by atoms with van der Waals surface area (Å²) < 4.78 is 5.51. The minimum Gasteiger partial charge on any atom is -0.465 e. The first kappa shape index (κ1) is 15.5. The SMILES string of the molecule is CCC(C)(C)C(=O)OCC1CC(C)N(C)C(C)C1. The Hall–Kier alpha value is -0.570. The summed E-state index contributed by atoms with van der Waals surface area (Å²) in [5.41, 5.74) is -0.345.